The van der Waals surface area contributed by atoms with Gasteiger partial charge in [0.05, 0.1) is 0 Å². The van der Waals surface area contributed by atoms with Gasteiger partial charge >= 0.3 is 0 Å². The fraction of sp³-hybridized carbons (Fsp3) is 0. The molecule has 0 unspecified atom stereocenters. The summed E-state index contributed by atoms with van der Waals surface area (Å²) in [4.78, 5) is 15.4. The van der Waals surface area contributed by atoms with Crippen molar-refractivity contribution >= 4 is 64.2 Å². The van der Waals surface area contributed by atoms with E-state index in [1.165, 1.54) is 26.6 Å². The van der Waals surface area contributed by atoms with Crippen molar-refractivity contribution in [3.63, 3.8) is 0 Å². The lowest BCUT2D eigenvalue weighted by Gasteiger charge is -2.10. The summed E-state index contributed by atoms with van der Waals surface area (Å²) in [6.45, 7) is 0. The number of nitrogens with zero attached hydrogens (tertiary/aromatic N) is 3. The van der Waals surface area contributed by atoms with E-state index in [9.17, 15) is 0 Å². The summed E-state index contributed by atoms with van der Waals surface area (Å²) in [6.07, 6.45) is 0. The van der Waals surface area contributed by atoms with Crippen LogP contribution in [-0.2, 0) is 0 Å². The molecule has 5 heteroatoms. The maximum Gasteiger partial charge on any atom is 0.165 e. The molecule has 11 aromatic rings. The van der Waals surface area contributed by atoms with E-state index < -0.39 is 0 Å². The van der Waals surface area contributed by atoms with Crippen LogP contribution in [0.3, 0.4) is 0 Å². The minimum Gasteiger partial charge on any atom is -0.455 e. The van der Waals surface area contributed by atoms with Crippen molar-refractivity contribution in [3.05, 3.63) is 176 Å². The van der Waals surface area contributed by atoms with E-state index in [1.807, 2.05) is 30.3 Å². The van der Waals surface area contributed by atoms with Crippen LogP contribution in [0.1, 0.15) is 0 Å². The quantitative estimate of drug-likeness (QED) is 0.179. The molecule has 54 heavy (non-hydrogen) atoms. The Morgan fingerprint density at radius 1 is 0.370 bits per heavy atom. The van der Waals surface area contributed by atoms with Crippen LogP contribution in [0.4, 0.5) is 0 Å². The second kappa shape index (κ2) is 12.3. The third-order valence-corrected chi connectivity index (χ3v) is 11.6. The summed E-state index contributed by atoms with van der Waals surface area (Å²) in [6, 6.07) is 61.4. The van der Waals surface area contributed by atoms with Crippen molar-refractivity contribution in [1.29, 1.82) is 0 Å². The van der Waals surface area contributed by atoms with E-state index in [-0.39, 0.29) is 0 Å². The SMILES string of the molecule is c1ccc(-c2cccc(-c3nc(-c4ccccc4)nc(-c4cccc5c4sc4c(-c6cc7ccccc7c7oc8ccccc8c67)cccc45)n3)c2)cc1. The number of aromatic nitrogens is 3. The highest BCUT2D eigenvalue weighted by atomic mass is 32.1. The molecule has 3 heterocycles. The van der Waals surface area contributed by atoms with Gasteiger partial charge in [-0.2, -0.15) is 0 Å². The molecule has 0 fully saturated rings. The summed E-state index contributed by atoms with van der Waals surface area (Å²) in [5, 5.41) is 6.92. The largest absolute Gasteiger partial charge is 0.455 e. The predicted molar refractivity (Wildman–Crippen MR) is 225 cm³/mol. The molecule has 0 saturated carbocycles. The monoisotopic (exact) mass is 707 g/mol. The number of para-hydroxylation sites is 1. The number of benzene rings is 8. The Kier molecular flexibility index (Phi) is 7.00. The molecule has 11 rings (SSSR count). The Morgan fingerprint density at radius 2 is 0.926 bits per heavy atom. The molecule has 0 atom stereocenters. The van der Waals surface area contributed by atoms with E-state index in [2.05, 4.69) is 146 Å². The van der Waals surface area contributed by atoms with E-state index in [1.54, 1.807) is 11.3 Å². The maximum atomic E-state index is 6.58. The summed E-state index contributed by atoms with van der Waals surface area (Å²) in [5.41, 5.74) is 9.29. The van der Waals surface area contributed by atoms with Gasteiger partial charge in [0.15, 0.2) is 17.5 Å². The topological polar surface area (TPSA) is 51.8 Å². The molecule has 8 aromatic carbocycles. The Morgan fingerprint density at radius 3 is 1.72 bits per heavy atom. The van der Waals surface area contributed by atoms with Crippen molar-refractivity contribution in [2.24, 2.45) is 0 Å². The number of hydrogen-bond donors (Lipinski definition) is 0. The Balaban J connectivity index is 1.14. The molecule has 0 saturated heterocycles. The molecule has 0 N–H and O–H groups in total. The minimum atomic E-state index is 0.640. The molecular formula is C49H29N3OS. The zero-order valence-electron chi connectivity index (χ0n) is 28.9. The molecule has 0 radical (unpaired) electrons. The van der Waals surface area contributed by atoms with Crippen LogP contribution in [0, 0.1) is 0 Å². The molecule has 0 aliphatic rings. The number of thiophene rings is 1. The first-order valence-corrected chi connectivity index (χ1v) is 18.8. The summed E-state index contributed by atoms with van der Waals surface area (Å²) in [7, 11) is 0. The fourth-order valence-electron chi connectivity index (χ4n) is 7.79. The molecule has 0 spiro atoms. The lowest BCUT2D eigenvalue weighted by atomic mass is 9.94. The van der Waals surface area contributed by atoms with Crippen molar-refractivity contribution in [3.8, 4) is 56.4 Å². The van der Waals surface area contributed by atoms with Gasteiger partial charge in [0.25, 0.3) is 0 Å². The van der Waals surface area contributed by atoms with Gasteiger partial charge in [0, 0.05) is 58.6 Å². The van der Waals surface area contributed by atoms with Gasteiger partial charge in [-0.05, 0) is 46.3 Å². The van der Waals surface area contributed by atoms with Gasteiger partial charge in [-0.1, -0.05) is 152 Å². The third kappa shape index (κ3) is 4.94. The molecule has 0 aliphatic heterocycles. The molecule has 0 bridgehead atoms. The summed E-state index contributed by atoms with van der Waals surface area (Å²) < 4.78 is 8.94. The molecular weight excluding hydrogens is 679 g/mol. The lowest BCUT2D eigenvalue weighted by Crippen LogP contribution is -2.00. The van der Waals surface area contributed by atoms with Crippen LogP contribution >= 0.6 is 11.3 Å². The third-order valence-electron chi connectivity index (χ3n) is 10.3. The highest BCUT2D eigenvalue weighted by Crippen LogP contribution is 2.47. The predicted octanol–water partition coefficient (Wildman–Crippen LogP) is 13.6. The number of rotatable bonds is 5. The zero-order chi connectivity index (χ0) is 35.6. The van der Waals surface area contributed by atoms with E-state index in [0.717, 1.165) is 65.2 Å². The van der Waals surface area contributed by atoms with Crippen LogP contribution in [0.5, 0.6) is 0 Å². The highest BCUT2D eigenvalue weighted by Gasteiger charge is 2.21. The number of hydrogen-bond acceptors (Lipinski definition) is 5. The molecule has 252 valence electrons. The Bertz CT molecular complexity index is 3220. The van der Waals surface area contributed by atoms with Crippen LogP contribution in [0.2, 0.25) is 0 Å². The van der Waals surface area contributed by atoms with Gasteiger partial charge in [-0.15, -0.1) is 11.3 Å². The first-order valence-electron chi connectivity index (χ1n) is 18.0. The minimum absolute atomic E-state index is 0.640. The molecule has 4 nitrogen and oxygen atoms in total. The van der Waals surface area contributed by atoms with E-state index in [4.69, 9.17) is 19.4 Å². The van der Waals surface area contributed by atoms with Gasteiger partial charge in [0.1, 0.15) is 11.2 Å². The lowest BCUT2D eigenvalue weighted by molar-refractivity contribution is 0.673. The van der Waals surface area contributed by atoms with Crippen molar-refractivity contribution in [2.45, 2.75) is 0 Å². The maximum absolute atomic E-state index is 6.58. The molecule has 0 amide bonds. The van der Waals surface area contributed by atoms with E-state index >= 15 is 0 Å². The summed E-state index contributed by atoms with van der Waals surface area (Å²) >= 11 is 1.80. The van der Waals surface area contributed by atoms with Gasteiger partial charge in [-0.25, -0.2) is 15.0 Å². The first kappa shape index (κ1) is 30.7. The Labute approximate surface area is 314 Å². The van der Waals surface area contributed by atoms with Gasteiger partial charge < -0.3 is 4.42 Å². The van der Waals surface area contributed by atoms with Crippen LogP contribution in [-0.4, -0.2) is 15.0 Å². The van der Waals surface area contributed by atoms with Crippen LogP contribution in [0.25, 0.3) is 109 Å². The van der Waals surface area contributed by atoms with E-state index in [0.29, 0.717) is 17.5 Å². The number of fused-ring (bicyclic) bond motifs is 8. The van der Waals surface area contributed by atoms with Crippen molar-refractivity contribution < 1.29 is 4.42 Å². The van der Waals surface area contributed by atoms with Crippen molar-refractivity contribution in [1.82, 2.24) is 15.0 Å². The van der Waals surface area contributed by atoms with Crippen LogP contribution in [0.15, 0.2) is 180 Å². The van der Waals surface area contributed by atoms with Crippen LogP contribution < -0.4 is 0 Å². The average Bonchev–Trinajstić information content (AvgIpc) is 3.84. The fourth-order valence-corrected chi connectivity index (χ4v) is 9.13. The second-order valence-corrected chi connectivity index (χ2v) is 14.6. The average molecular weight is 708 g/mol. The number of furan rings is 1. The standard InChI is InChI=1S/C49H29N3OS/c1-3-14-30(15-4-1)32-19-11-20-34(28-32)48-50-47(31-16-5-2-6-17-31)51-49(52-48)40-26-13-24-37-36-23-12-25-38(45(36)54-46(37)40)41-29-33-18-7-8-21-35(33)44-43(41)39-22-9-10-27-42(39)53-44/h1-29H. The van der Waals surface area contributed by atoms with Gasteiger partial charge in [-0.3, -0.25) is 0 Å². The van der Waals surface area contributed by atoms with Gasteiger partial charge in [0.2, 0.25) is 0 Å². The Hall–Kier alpha value is -6.95. The molecule has 3 aromatic heterocycles. The smallest absolute Gasteiger partial charge is 0.165 e. The normalized spacial score (nSPS) is 11.7. The first-order chi connectivity index (χ1) is 26.8. The summed E-state index contributed by atoms with van der Waals surface area (Å²) in [5.74, 6) is 1.93. The second-order valence-electron chi connectivity index (χ2n) is 13.5. The zero-order valence-corrected chi connectivity index (χ0v) is 29.7. The highest BCUT2D eigenvalue weighted by molar-refractivity contribution is 7.26. The molecule has 0 aliphatic carbocycles. The van der Waals surface area contributed by atoms with Crippen molar-refractivity contribution in [2.75, 3.05) is 0 Å².